The number of methoxy groups -OCH3 is 2. The number of carbonyl (C=O) groups excluding carboxylic acids is 2. The number of carbonyl (C=O) groups is 1. The molecular formula is C18H19NO4S. The van der Waals surface area contributed by atoms with E-state index in [1.807, 2.05) is 12.0 Å². The quantitative estimate of drug-likeness (QED) is 0.623. The Morgan fingerprint density at radius 2 is 2.21 bits per heavy atom. The molecule has 1 aliphatic carbocycles. The van der Waals surface area contributed by atoms with Crippen LogP contribution >= 0.6 is 11.3 Å². The molecule has 1 aliphatic heterocycles. The van der Waals surface area contributed by atoms with Gasteiger partial charge in [0.25, 0.3) is 0 Å². The van der Waals surface area contributed by atoms with Gasteiger partial charge in [0.1, 0.15) is 22.8 Å². The SMILES string of the molecule is COC(=O)C1=C(OC)C(=C=O)C(N2CCCCc3sccc32)C=C1. The Balaban J connectivity index is 2.03. The van der Waals surface area contributed by atoms with Gasteiger partial charge in [-0.1, -0.05) is 6.08 Å². The van der Waals surface area contributed by atoms with E-state index in [4.69, 9.17) is 9.47 Å². The average Bonchev–Trinajstić information content (AvgIpc) is 2.99. The molecule has 0 fully saturated rings. The highest BCUT2D eigenvalue weighted by molar-refractivity contribution is 7.10. The first-order valence-electron chi connectivity index (χ1n) is 7.84. The summed E-state index contributed by atoms with van der Waals surface area (Å²) in [6, 6.07) is 1.80. The van der Waals surface area contributed by atoms with Crippen LogP contribution in [0, 0.1) is 0 Å². The van der Waals surface area contributed by atoms with E-state index < -0.39 is 5.97 Å². The number of thiophene rings is 1. The van der Waals surface area contributed by atoms with Crippen LogP contribution in [0.25, 0.3) is 0 Å². The third-order valence-electron chi connectivity index (χ3n) is 4.37. The van der Waals surface area contributed by atoms with Gasteiger partial charge in [-0.15, -0.1) is 11.3 Å². The number of aryl methyl sites for hydroxylation is 1. The lowest BCUT2D eigenvalue weighted by atomic mass is 9.94. The fourth-order valence-corrected chi connectivity index (χ4v) is 4.18. The summed E-state index contributed by atoms with van der Waals surface area (Å²) in [5.74, 6) is 1.71. The van der Waals surface area contributed by atoms with Gasteiger partial charge in [-0.05, 0) is 36.8 Å². The number of fused-ring (bicyclic) bond motifs is 1. The van der Waals surface area contributed by atoms with Crippen molar-refractivity contribution in [1.29, 1.82) is 0 Å². The number of hydrogen-bond acceptors (Lipinski definition) is 6. The Kier molecular flexibility index (Phi) is 4.88. The van der Waals surface area contributed by atoms with Crippen molar-refractivity contribution in [2.24, 2.45) is 0 Å². The van der Waals surface area contributed by atoms with Gasteiger partial charge in [0, 0.05) is 11.4 Å². The molecule has 0 saturated heterocycles. The van der Waals surface area contributed by atoms with E-state index in [0.29, 0.717) is 5.57 Å². The van der Waals surface area contributed by atoms with Crippen LogP contribution in [0.1, 0.15) is 17.7 Å². The van der Waals surface area contributed by atoms with Crippen LogP contribution in [0.3, 0.4) is 0 Å². The summed E-state index contributed by atoms with van der Waals surface area (Å²) >= 11 is 1.74. The van der Waals surface area contributed by atoms with Crippen molar-refractivity contribution < 1.29 is 19.1 Å². The van der Waals surface area contributed by atoms with Gasteiger partial charge in [0.2, 0.25) is 0 Å². The molecule has 1 unspecified atom stereocenters. The molecule has 24 heavy (non-hydrogen) atoms. The minimum atomic E-state index is -0.526. The molecule has 0 aromatic carbocycles. The standard InChI is InChI=1S/C18H19NO4S/c1-22-17-12(18(21)23-2)6-7-14(13(17)11-20)19-9-4-3-5-16-15(19)8-10-24-16/h6-8,10,14H,3-5,9H2,1-2H3. The van der Waals surface area contributed by atoms with Crippen molar-refractivity contribution in [3.05, 3.63) is 45.4 Å². The van der Waals surface area contributed by atoms with E-state index in [1.165, 1.54) is 19.1 Å². The number of ether oxygens (including phenoxy) is 2. The number of nitrogens with zero attached hydrogens (tertiary/aromatic N) is 1. The van der Waals surface area contributed by atoms with Crippen molar-refractivity contribution in [3.63, 3.8) is 0 Å². The number of anilines is 1. The van der Waals surface area contributed by atoms with Crippen molar-refractivity contribution >= 4 is 28.9 Å². The van der Waals surface area contributed by atoms with Gasteiger partial charge >= 0.3 is 5.97 Å². The van der Waals surface area contributed by atoms with Crippen molar-refractivity contribution in [3.8, 4) is 0 Å². The van der Waals surface area contributed by atoms with E-state index in [0.717, 1.165) is 31.5 Å². The van der Waals surface area contributed by atoms with Crippen LogP contribution in [0.2, 0.25) is 0 Å². The topological polar surface area (TPSA) is 55.8 Å². The van der Waals surface area contributed by atoms with Crippen LogP contribution in [-0.4, -0.2) is 38.7 Å². The molecule has 1 aromatic heterocycles. The molecule has 126 valence electrons. The maximum absolute atomic E-state index is 11.9. The number of hydrogen-bond donors (Lipinski definition) is 0. The van der Waals surface area contributed by atoms with Crippen LogP contribution in [-0.2, 0) is 25.5 Å². The third kappa shape index (κ3) is 2.79. The van der Waals surface area contributed by atoms with Crippen molar-refractivity contribution in [2.75, 3.05) is 25.7 Å². The molecular weight excluding hydrogens is 326 g/mol. The molecule has 6 heteroatoms. The summed E-state index contributed by atoms with van der Waals surface area (Å²) < 4.78 is 10.1. The van der Waals surface area contributed by atoms with Gasteiger partial charge < -0.3 is 14.4 Å². The molecule has 0 amide bonds. The van der Waals surface area contributed by atoms with Gasteiger partial charge in [-0.25, -0.2) is 9.59 Å². The lowest BCUT2D eigenvalue weighted by molar-refractivity contribution is -0.135. The second-order valence-corrected chi connectivity index (χ2v) is 6.64. The van der Waals surface area contributed by atoms with E-state index in [1.54, 1.807) is 17.4 Å². The summed E-state index contributed by atoms with van der Waals surface area (Å²) in [4.78, 5) is 27.1. The lowest BCUT2D eigenvalue weighted by Crippen LogP contribution is -2.38. The Bertz CT molecular complexity index is 755. The minimum absolute atomic E-state index is 0.241. The Morgan fingerprint density at radius 1 is 1.38 bits per heavy atom. The molecule has 5 nitrogen and oxygen atoms in total. The maximum atomic E-state index is 11.9. The molecule has 0 saturated carbocycles. The molecule has 2 heterocycles. The second-order valence-electron chi connectivity index (χ2n) is 5.64. The first-order chi connectivity index (χ1) is 11.7. The molecule has 0 bridgehead atoms. The zero-order valence-corrected chi connectivity index (χ0v) is 14.5. The van der Waals surface area contributed by atoms with Gasteiger partial charge in [-0.2, -0.15) is 0 Å². The van der Waals surface area contributed by atoms with Crippen LogP contribution in [0.15, 0.2) is 40.5 Å². The molecule has 0 N–H and O–H groups in total. The normalized spacial score (nSPS) is 20.3. The maximum Gasteiger partial charge on any atom is 0.341 e. The average molecular weight is 345 g/mol. The van der Waals surface area contributed by atoms with E-state index in [-0.39, 0.29) is 17.4 Å². The molecule has 0 spiro atoms. The summed E-state index contributed by atoms with van der Waals surface area (Å²) in [6.45, 7) is 0.842. The molecule has 0 radical (unpaired) electrons. The van der Waals surface area contributed by atoms with E-state index in [2.05, 4.69) is 16.3 Å². The Morgan fingerprint density at radius 3 is 2.92 bits per heavy atom. The van der Waals surface area contributed by atoms with Gasteiger partial charge in [0.05, 0.1) is 25.9 Å². The third-order valence-corrected chi connectivity index (χ3v) is 5.34. The predicted octanol–water partition coefficient (Wildman–Crippen LogP) is 2.66. The molecule has 1 atom stereocenters. The van der Waals surface area contributed by atoms with Crippen LogP contribution in [0.4, 0.5) is 5.69 Å². The molecule has 3 rings (SSSR count). The highest BCUT2D eigenvalue weighted by atomic mass is 32.1. The fraction of sp³-hybridized carbons (Fsp3) is 0.389. The smallest absolute Gasteiger partial charge is 0.341 e. The first kappa shape index (κ1) is 16.6. The number of rotatable bonds is 3. The summed E-state index contributed by atoms with van der Waals surface area (Å²) in [5, 5.41) is 2.08. The second kappa shape index (κ2) is 7.07. The molecule has 2 aliphatic rings. The Labute approximate surface area is 144 Å². The summed E-state index contributed by atoms with van der Waals surface area (Å²) in [6.07, 6.45) is 6.75. The van der Waals surface area contributed by atoms with E-state index in [9.17, 15) is 9.59 Å². The zero-order chi connectivity index (χ0) is 17.1. The highest BCUT2D eigenvalue weighted by Gasteiger charge is 2.33. The van der Waals surface area contributed by atoms with Crippen LogP contribution < -0.4 is 4.90 Å². The zero-order valence-electron chi connectivity index (χ0n) is 13.7. The summed E-state index contributed by atoms with van der Waals surface area (Å²) in [5.41, 5.74) is 1.73. The van der Waals surface area contributed by atoms with Crippen LogP contribution in [0.5, 0.6) is 0 Å². The first-order valence-corrected chi connectivity index (χ1v) is 8.72. The summed E-state index contributed by atoms with van der Waals surface area (Å²) in [7, 11) is 2.75. The monoisotopic (exact) mass is 345 g/mol. The molecule has 1 aromatic rings. The van der Waals surface area contributed by atoms with Crippen molar-refractivity contribution in [2.45, 2.75) is 25.3 Å². The minimum Gasteiger partial charge on any atom is -0.495 e. The van der Waals surface area contributed by atoms with Gasteiger partial charge in [-0.3, -0.25) is 0 Å². The highest BCUT2D eigenvalue weighted by Crippen LogP contribution is 2.36. The van der Waals surface area contributed by atoms with Crippen molar-refractivity contribution in [1.82, 2.24) is 0 Å². The lowest BCUT2D eigenvalue weighted by Gasteiger charge is -2.33. The van der Waals surface area contributed by atoms with E-state index >= 15 is 0 Å². The largest absolute Gasteiger partial charge is 0.495 e. The predicted molar refractivity (Wildman–Crippen MR) is 92.8 cm³/mol. The Hall–Kier alpha value is -2.30. The number of esters is 1. The van der Waals surface area contributed by atoms with Gasteiger partial charge in [0.15, 0.2) is 0 Å². The fourth-order valence-electron chi connectivity index (χ4n) is 3.25.